The molecule has 1 aliphatic carbocycles. The van der Waals surface area contributed by atoms with E-state index in [1.807, 2.05) is 38.1 Å². The fourth-order valence-corrected chi connectivity index (χ4v) is 6.33. The molecular formula is C19H21N3O2S2. The summed E-state index contributed by atoms with van der Waals surface area (Å²) in [5, 5.41) is 7.14. The number of thiophene rings is 1. The van der Waals surface area contributed by atoms with Gasteiger partial charge in [0.25, 0.3) is 0 Å². The molecule has 0 fully saturated rings. The molecule has 0 amide bonds. The summed E-state index contributed by atoms with van der Waals surface area (Å²) in [5.41, 5.74) is 4.06. The largest absolute Gasteiger partial charge is 0.282 e. The summed E-state index contributed by atoms with van der Waals surface area (Å²) in [6.07, 6.45) is 2.82. The first-order valence-electron chi connectivity index (χ1n) is 8.67. The first-order chi connectivity index (χ1) is 12.4. The quantitative estimate of drug-likeness (QED) is 0.707. The van der Waals surface area contributed by atoms with E-state index >= 15 is 0 Å². The summed E-state index contributed by atoms with van der Waals surface area (Å²) < 4.78 is 29.0. The Labute approximate surface area is 157 Å². The van der Waals surface area contributed by atoms with Crippen LogP contribution in [0.15, 0.2) is 41.3 Å². The van der Waals surface area contributed by atoms with Crippen molar-refractivity contribution in [2.24, 2.45) is 0 Å². The minimum absolute atomic E-state index is 0.166. The van der Waals surface area contributed by atoms with E-state index in [-0.39, 0.29) is 6.04 Å². The summed E-state index contributed by atoms with van der Waals surface area (Å²) in [4.78, 5) is 1.98. The van der Waals surface area contributed by atoms with Crippen LogP contribution >= 0.6 is 11.3 Å². The maximum absolute atomic E-state index is 13.0. The molecule has 3 aromatic rings. The highest BCUT2D eigenvalue weighted by molar-refractivity contribution is 7.89. The molecule has 0 unspecified atom stereocenters. The third-order valence-corrected chi connectivity index (χ3v) is 7.59. The number of hydrogen-bond acceptors (Lipinski definition) is 4. The average Bonchev–Trinajstić information content (AvgIpc) is 3.21. The second-order valence-electron chi connectivity index (χ2n) is 6.73. The first-order valence-corrected chi connectivity index (χ1v) is 11.0. The van der Waals surface area contributed by atoms with Crippen LogP contribution in [0.25, 0.3) is 10.6 Å². The van der Waals surface area contributed by atoms with Gasteiger partial charge in [-0.3, -0.25) is 5.10 Å². The van der Waals surface area contributed by atoms with E-state index in [0.29, 0.717) is 4.90 Å². The SMILES string of the molecule is Cc1cc(-c2cc(S(=O)(=O)N[C@@H]3CCCc4ccccc43)c(C)s2)n[nH]1. The number of nitrogens with one attached hydrogen (secondary N) is 2. The highest BCUT2D eigenvalue weighted by atomic mass is 32.2. The van der Waals surface area contributed by atoms with Crippen LogP contribution in [-0.2, 0) is 16.4 Å². The highest BCUT2D eigenvalue weighted by Crippen LogP contribution is 2.35. The van der Waals surface area contributed by atoms with Crippen molar-refractivity contribution in [3.05, 3.63) is 58.1 Å². The molecule has 7 heteroatoms. The van der Waals surface area contributed by atoms with Crippen molar-refractivity contribution in [3.63, 3.8) is 0 Å². The van der Waals surface area contributed by atoms with Crippen LogP contribution < -0.4 is 4.72 Å². The predicted octanol–water partition coefficient (Wildman–Crippen LogP) is 4.11. The number of rotatable bonds is 4. The molecule has 0 bridgehead atoms. The van der Waals surface area contributed by atoms with Crippen LogP contribution in [0.3, 0.4) is 0 Å². The lowest BCUT2D eigenvalue weighted by Gasteiger charge is -2.26. The molecule has 0 saturated carbocycles. The molecule has 4 rings (SSSR count). The van der Waals surface area contributed by atoms with Gasteiger partial charge < -0.3 is 0 Å². The van der Waals surface area contributed by atoms with Gasteiger partial charge in [-0.1, -0.05) is 24.3 Å². The monoisotopic (exact) mass is 387 g/mol. The summed E-state index contributed by atoms with van der Waals surface area (Å²) in [7, 11) is -3.59. The Kier molecular flexibility index (Phi) is 4.46. The van der Waals surface area contributed by atoms with Crippen molar-refractivity contribution >= 4 is 21.4 Å². The molecule has 5 nitrogen and oxygen atoms in total. The van der Waals surface area contributed by atoms with Crippen LogP contribution in [0, 0.1) is 13.8 Å². The second-order valence-corrected chi connectivity index (χ2v) is 9.67. The lowest BCUT2D eigenvalue weighted by atomic mass is 9.88. The Morgan fingerprint density at radius 2 is 2.04 bits per heavy atom. The topological polar surface area (TPSA) is 74.8 Å². The van der Waals surface area contributed by atoms with Gasteiger partial charge in [0, 0.05) is 16.6 Å². The van der Waals surface area contributed by atoms with Gasteiger partial charge in [-0.2, -0.15) is 5.10 Å². The molecule has 0 radical (unpaired) electrons. The van der Waals surface area contributed by atoms with Crippen molar-refractivity contribution in [2.75, 3.05) is 0 Å². The molecule has 136 valence electrons. The van der Waals surface area contributed by atoms with Crippen molar-refractivity contribution in [2.45, 2.75) is 44.0 Å². The van der Waals surface area contributed by atoms with Crippen molar-refractivity contribution < 1.29 is 8.42 Å². The third kappa shape index (κ3) is 3.22. The van der Waals surface area contributed by atoms with Gasteiger partial charge in [-0.25, -0.2) is 13.1 Å². The Bertz CT molecular complexity index is 1050. The average molecular weight is 388 g/mol. The molecular weight excluding hydrogens is 366 g/mol. The Balaban J connectivity index is 1.65. The minimum atomic E-state index is -3.59. The standard InChI is InChI=1S/C19H21N3O2S2/c1-12-10-17(21-20-12)18-11-19(13(2)25-18)26(23,24)22-16-9-5-7-14-6-3-4-8-15(14)16/h3-4,6,8,10-11,16,22H,5,7,9H2,1-2H3,(H,20,21)/t16-/m1/s1. The van der Waals surface area contributed by atoms with Crippen LogP contribution in [-0.4, -0.2) is 18.6 Å². The van der Waals surface area contributed by atoms with E-state index in [1.165, 1.54) is 16.9 Å². The van der Waals surface area contributed by atoms with Crippen LogP contribution in [0.4, 0.5) is 0 Å². The number of fused-ring (bicyclic) bond motifs is 1. The molecule has 1 atom stereocenters. The second kappa shape index (κ2) is 6.64. The van der Waals surface area contributed by atoms with Crippen LogP contribution in [0.2, 0.25) is 0 Å². The Morgan fingerprint density at radius 1 is 1.23 bits per heavy atom. The minimum Gasteiger partial charge on any atom is -0.282 e. The molecule has 26 heavy (non-hydrogen) atoms. The summed E-state index contributed by atoms with van der Waals surface area (Å²) in [5.74, 6) is 0. The number of benzene rings is 1. The summed E-state index contributed by atoms with van der Waals surface area (Å²) in [6, 6.07) is 11.6. The van der Waals surface area contributed by atoms with Crippen LogP contribution in [0.5, 0.6) is 0 Å². The van der Waals surface area contributed by atoms with E-state index < -0.39 is 10.0 Å². The molecule has 0 saturated heterocycles. The van der Waals surface area contributed by atoms with Gasteiger partial charge in [-0.05, 0) is 56.4 Å². The Morgan fingerprint density at radius 3 is 2.81 bits per heavy atom. The number of hydrogen-bond donors (Lipinski definition) is 2. The van der Waals surface area contributed by atoms with Gasteiger partial charge in [0.2, 0.25) is 10.0 Å². The summed E-state index contributed by atoms with van der Waals surface area (Å²) in [6.45, 7) is 3.77. The van der Waals surface area contributed by atoms with E-state index in [2.05, 4.69) is 21.0 Å². The van der Waals surface area contributed by atoms with Crippen molar-refractivity contribution in [1.82, 2.24) is 14.9 Å². The first kappa shape index (κ1) is 17.5. The van der Waals surface area contributed by atoms with Crippen LogP contribution in [0.1, 0.15) is 40.6 Å². The smallest absolute Gasteiger partial charge is 0.242 e. The molecule has 0 spiro atoms. The third-order valence-electron chi connectivity index (χ3n) is 4.79. The maximum Gasteiger partial charge on any atom is 0.242 e. The van der Waals surface area contributed by atoms with Gasteiger partial charge in [-0.15, -0.1) is 11.3 Å². The van der Waals surface area contributed by atoms with Gasteiger partial charge in [0.1, 0.15) is 5.69 Å². The Hall–Kier alpha value is -1.96. The number of aryl methyl sites for hydroxylation is 3. The van der Waals surface area contributed by atoms with E-state index in [9.17, 15) is 8.42 Å². The van der Waals surface area contributed by atoms with E-state index in [1.54, 1.807) is 6.07 Å². The van der Waals surface area contributed by atoms with Crippen molar-refractivity contribution in [3.8, 4) is 10.6 Å². The van der Waals surface area contributed by atoms with Gasteiger partial charge in [0.15, 0.2) is 0 Å². The molecule has 2 N–H and O–H groups in total. The number of aromatic nitrogens is 2. The molecule has 1 aromatic carbocycles. The fraction of sp³-hybridized carbons (Fsp3) is 0.316. The van der Waals surface area contributed by atoms with E-state index in [0.717, 1.165) is 46.0 Å². The highest BCUT2D eigenvalue weighted by Gasteiger charge is 2.28. The van der Waals surface area contributed by atoms with Crippen molar-refractivity contribution in [1.29, 1.82) is 0 Å². The maximum atomic E-state index is 13.0. The zero-order valence-electron chi connectivity index (χ0n) is 14.7. The summed E-state index contributed by atoms with van der Waals surface area (Å²) >= 11 is 1.45. The zero-order valence-corrected chi connectivity index (χ0v) is 16.4. The number of H-pyrrole nitrogens is 1. The molecule has 0 aliphatic heterocycles. The molecule has 2 heterocycles. The van der Waals surface area contributed by atoms with Gasteiger partial charge in [0.05, 0.1) is 9.77 Å². The number of aromatic amines is 1. The normalized spacial score (nSPS) is 17.2. The molecule has 1 aliphatic rings. The van der Waals surface area contributed by atoms with E-state index in [4.69, 9.17) is 0 Å². The predicted molar refractivity (Wildman–Crippen MR) is 104 cm³/mol. The lowest BCUT2D eigenvalue weighted by Crippen LogP contribution is -2.31. The van der Waals surface area contributed by atoms with Gasteiger partial charge >= 0.3 is 0 Å². The fourth-order valence-electron chi connectivity index (χ4n) is 3.53. The number of nitrogens with zero attached hydrogens (tertiary/aromatic N) is 1. The number of sulfonamides is 1. The molecule has 2 aromatic heterocycles. The lowest BCUT2D eigenvalue weighted by molar-refractivity contribution is 0.507. The zero-order chi connectivity index (χ0) is 18.3.